The van der Waals surface area contributed by atoms with Crippen LogP contribution in [-0.4, -0.2) is 33.7 Å². The van der Waals surface area contributed by atoms with E-state index in [0.717, 1.165) is 12.0 Å². The summed E-state index contributed by atoms with van der Waals surface area (Å²) in [6, 6.07) is 19.6. The average molecular weight is 409 g/mol. The number of aliphatic hydroxyl groups is 1. The van der Waals surface area contributed by atoms with Gasteiger partial charge in [-0.1, -0.05) is 95.3 Å². The first kappa shape index (κ1) is 22.5. The number of hydrogen-bond donors (Lipinski definition) is 2. The number of hydrogen-bond acceptors (Lipinski definition) is 3. The fourth-order valence-corrected chi connectivity index (χ4v) is 4.42. The van der Waals surface area contributed by atoms with Crippen LogP contribution in [0.3, 0.4) is 0 Å². The second-order valence-corrected chi connectivity index (χ2v) is 9.90. The van der Waals surface area contributed by atoms with Gasteiger partial charge in [-0.2, -0.15) is 0 Å². The van der Waals surface area contributed by atoms with Gasteiger partial charge in [0.25, 0.3) is 0 Å². The molecule has 4 heteroatoms. The molecule has 162 valence electrons. The van der Waals surface area contributed by atoms with Crippen LogP contribution in [0.2, 0.25) is 0 Å². The van der Waals surface area contributed by atoms with Crippen LogP contribution in [0.15, 0.2) is 60.7 Å². The molecule has 0 saturated carbocycles. The van der Waals surface area contributed by atoms with E-state index in [4.69, 9.17) is 0 Å². The van der Waals surface area contributed by atoms with E-state index < -0.39 is 17.1 Å². The van der Waals surface area contributed by atoms with Gasteiger partial charge in [-0.05, 0) is 35.3 Å². The summed E-state index contributed by atoms with van der Waals surface area (Å²) in [5.41, 5.74) is 0.646. The Morgan fingerprint density at radius 2 is 1.50 bits per heavy atom. The zero-order chi connectivity index (χ0) is 21.9. The van der Waals surface area contributed by atoms with Crippen molar-refractivity contribution in [1.29, 1.82) is 0 Å². The Morgan fingerprint density at radius 3 is 2.00 bits per heavy atom. The molecule has 1 aliphatic rings. The summed E-state index contributed by atoms with van der Waals surface area (Å²) in [6.07, 6.45) is 1.15. The standard InChI is InChI=1S/C26H36N2O2/c1-19(2)23-27-22(24(29)28(23)18-21-14-10-7-11-15-21)26(30,25(3,4)5)17-16-20-12-8-6-9-13-20/h6-15,19,22-23,27,30H,16-18H2,1-5H3/t22-,23?,26+/m1/s1. The Labute approximate surface area is 181 Å². The zero-order valence-corrected chi connectivity index (χ0v) is 18.9. The van der Waals surface area contributed by atoms with E-state index in [1.807, 2.05) is 74.2 Å². The van der Waals surface area contributed by atoms with Crippen LogP contribution in [0.25, 0.3) is 0 Å². The fraction of sp³-hybridized carbons (Fsp3) is 0.500. The van der Waals surface area contributed by atoms with Gasteiger partial charge < -0.3 is 10.0 Å². The minimum Gasteiger partial charge on any atom is -0.387 e. The molecule has 2 N–H and O–H groups in total. The number of amides is 1. The van der Waals surface area contributed by atoms with Crippen molar-refractivity contribution in [3.63, 3.8) is 0 Å². The Bertz CT molecular complexity index is 829. The lowest BCUT2D eigenvalue weighted by Gasteiger charge is -2.44. The minimum atomic E-state index is -1.17. The maximum absolute atomic E-state index is 13.6. The van der Waals surface area contributed by atoms with Crippen LogP contribution in [-0.2, 0) is 17.8 Å². The largest absolute Gasteiger partial charge is 0.387 e. The number of carbonyl (C=O) groups excluding carboxylic acids is 1. The first-order valence-electron chi connectivity index (χ1n) is 11.0. The van der Waals surface area contributed by atoms with Gasteiger partial charge in [-0.25, -0.2) is 0 Å². The van der Waals surface area contributed by atoms with Crippen LogP contribution < -0.4 is 5.32 Å². The third-order valence-corrected chi connectivity index (χ3v) is 6.44. The SMILES string of the molecule is CC(C)C1N[C@@H]([C@@](O)(CCc2ccccc2)C(C)(C)C)C(=O)N1Cc1ccccc1. The van der Waals surface area contributed by atoms with E-state index in [9.17, 15) is 9.90 Å². The van der Waals surface area contributed by atoms with E-state index >= 15 is 0 Å². The van der Waals surface area contributed by atoms with Crippen LogP contribution in [0, 0.1) is 11.3 Å². The monoisotopic (exact) mass is 408 g/mol. The van der Waals surface area contributed by atoms with Gasteiger partial charge in [0.15, 0.2) is 0 Å². The molecule has 1 heterocycles. The predicted octanol–water partition coefficient (Wildman–Crippen LogP) is 4.38. The normalized spacial score (nSPS) is 21.8. The number of nitrogens with zero attached hydrogens (tertiary/aromatic N) is 1. The van der Waals surface area contributed by atoms with Gasteiger partial charge in [0, 0.05) is 6.54 Å². The molecule has 0 radical (unpaired) electrons. The maximum atomic E-state index is 13.6. The second kappa shape index (κ2) is 8.91. The number of carbonyl (C=O) groups is 1. The van der Waals surface area contributed by atoms with Crippen molar-refractivity contribution < 1.29 is 9.90 Å². The number of benzene rings is 2. The summed E-state index contributed by atoms with van der Waals surface area (Å²) >= 11 is 0. The van der Waals surface area contributed by atoms with Crippen molar-refractivity contribution >= 4 is 5.91 Å². The van der Waals surface area contributed by atoms with E-state index in [1.165, 1.54) is 5.56 Å². The highest BCUT2D eigenvalue weighted by molar-refractivity contribution is 5.86. The Balaban J connectivity index is 1.88. The Hall–Kier alpha value is -2.17. The lowest BCUT2D eigenvalue weighted by molar-refractivity contribution is -0.143. The van der Waals surface area contributed by atoms with Crippen molar-refractivity contribution in [3.8, 4) is 0 Å². The first-order chi connectivity index (χ1) is 14.1. The second-order valence-electron chi connectivity index (χ2n) is 9.90. The van der Waals surface area contributed by atoms with Crippen LogP contribution in [0.4, 0.5) is 0 Å². The summed E-state index contributed by atoms with van der Waals surface area (Å²) in [5, 5.41) is 15.5. The first-order valence-corrected chi connectivity index (χ1v) is 11.0. The highest BCUT2D eigenvalue weighted by atomic mass is 16.3. The lowest BCUT2D eigenvalue weighted by atomic mass is 9.69. The summed E-state index contributed by atoms with van der Waals surface area (Å²) in [7, 11) is 0. The minimum absolute atomic E-state index is 0.0111. The van der Waals surface area contributed by atoms with Gasteiger partial charge in [0.2, 0.25) is 5.91 Å². The van der Waals surface area contributed by atoms with Gasteiger partial charge in [-0.15, -0.1) is 0 Å². The zero-order valence-electron chi connectivity index (χ0n) is 18.9. The molecular weight excluding hydrogens is 372 g/mol. The number of nitrogens with one attached hydrogen (secondary N) is 1. The molecule has 3 atom stereocenters. The molecule has 0 spiro atoms. The summed E-state index contributed by atoms with van der Waals surface area (Å²) in [6.45, 7) is 10.9. The van der Waals surface area contributed by atoms with Gasteiger partial charge >= 0.3 is 0 Å². The highest BCUT2D eigenvalue weighted by Crippen LogP contribution is 2.40. The molecule has 1 unspecified atom stereocenters. The summed E-state index contributed by atoms with van der Waals surface area (Å²) in [5.74, 6) is 0.226. The van der Waals surface area contributed by atoms with E-state index in [2.05, 4.69) is 31.3 Å². The number of aryl methyl sites for hydroxylation is 1. The average Bonchev–Trinajstić information content (AvgIpc) is 3.04. The van der Waals surface area contributed by atoms with Crippen molar-refractivity contribution in [3.05, 3.63) is 71.8 Å². The molecule has 1 aliphatic heterocycles. The smallest absolute Gasteiger partial charge is 0.244 e. The molecule has 0 aliphatic carbocycles. The molecule has 1 amide bonds. The summed E-state index contributed by atoms with van der Waals surface area (Å²) in [4.78, 5) is 15.5. The predicted molar refractivity (Wildman–Crippen MR) is 122 cm³/mol. The molecule has 2 aromatic rings. The van der Waals surface area contributed by atoms with E-state index in [0.29, 0.717) is 13.0 Å². The van der Waals surface area contributed by atoms with E-state index in [-0.39, 0.29) is 18.0 Å². The third kappa shape index (κ3) is 4.60. The van der Waals surface area contributed by atoms with Gasteiger partial charge in [0.05, 0.1) is 11.8 Å². The highest BCUT2D eigenvalue weighted by Gasteiger charge is 2.55. The Morgan fingerprint density at radius 1 is 0.967 bits per heavy atom. The lowest BCUT2D eigenvalue weighted by Crippen LogP contribution is -2.60. The third-order valence-electron chi connectivity index (χ3n) is 6.44. The maximum Gasteiger partial charge on any atom is 0.244 e. The molecular formula is C26H36N2O2. The van der Waals surface area contributed by atoms with Gasteiger partial charge in [0.1, 0.15) is 6.04 Å². The molecule has 1 fully saturated rings. The van der Waals surface area contributed by atoms with Crippen LogP contribution in [0.5, 0.6) is 0 Å². The molecule has 30 heavy (non-hydrogen) atoms. The van der Waals surface area contributed by atoms with Gasteiger partial charge in [-0.3, -0.25) is 10.1 Å². The quantitative estimate of drug-likeness (QED) is 0.715. The molecule has 2 aromatic carbocycles. The van der Waals surface area contributed by atoms with Crippen LogP contribution >= 0.6 is 0 Å². The van der Waals surface area contributed by atoms with Crippen molar-refractivity contribution in [2.45, 2.75) is 71.8 Å². The fourth-order valence-electron chi connectivity index (χ4n) is 4.42. The molecule has 4 nitrogen and oxygen atoms in total. The van der Waals surface area contributed by atoms with Crippen molar-refractivity contribution in [2.75, 3.05) is 0 Å². The van der Waals surface area contributed by atoms with E-state index in [1.54, 1.807) is 0 Å². The Kier molecular flexibility index (Phi) is 6.68. The topological polar surface area (TPSA) is 52.6 Å². The molecule has 1 saturated heterocycles. The summed E-state index contributed by atoms with van der Waals surface area (Å²) < 4.78 is 0. The number of rotatable bonds is 7. The molecule has 0 bridgehead atoms. The van der Waals surface area contributed by atoms with Crippen molar-refractivity contribution in [1.82, 2.24) is 10.2 Å². The van der Waals surface area contributed by atoms with Crippen LogP contribution in [0.1, 0.15) is 52.2 Å². The molecule has 0 aromatic heterocycles. The van der Waals surface area contributed by atoms with Crippen molar-refractivity contribution in [2.24, 2.45) is 11.3 Å². The molecule has 3 rings (SSSR count).